The summed E-state index contributed by atoms with van der Waals surface area (Å²) in [7, 11) is 2.79. The van der Waals surface area contributed by atoms with E-state index in [1.54, 1.807) is 20.1 Å². The molecule has 1 aromatic carbocycles. The van der Waals surface area contributed by atoms with Gasteiger partial charge in [-0.2, -0.15) is 0 Å². The van der Waals surface area contributed by atoms with Crippen LogP contribution in [0.15, 0.2) is 42.1 Å². The van der Waals surface area contributed by atoms with E-state index in [4.69, 9.17) is 15.2 Å². The molecule has 0 saturated heterocycles. The summed E-state index contributed by atoms with van der Waals surface area (Å²) in [5.41, 5.74) is 6.61. The van der Waals surface area contributed by atoms with Gasteiger partial charge in [0, 0.05) is 6.54 Å². The Bertz CT molecular complexity index is 1250. The van der Waals surface area contributed by atoms with Gasteiger partial charge in [0.05, 0.1) is 36.0 Å². The number of hydrogen-bond donors (Lipinski definition) is 2. The topological polar surface area (TPSA) is 138 Å². The Morgan fingerprint density at radius 2 is 2.00 bits per heavy atom. The van der Waals surface area contributed by atoms with E-state index in [9.17, 15) is 14.4 Å². The Balaban J connectivity index is 1.82. The summed E-state index contributed by atoms with van der Waals surface area (Å²) < 4.78 is 12.0. The molecule has 0 aliphatic carbocycles. The van der Waals surface area contributed by atoms with Crippen LogP contribution in [0.5, 0.6) is 5.75 Å². The molecular formula is C22H23N5O5S2. The van der Waals surface area contributed by atoms with Gasteiger partial charge in [0.15, 0.2) is 11.0 Å². The van der Waals surface area contributed by atoms with Gasteiger partial charge in [-0.25, -0.2) is 4.79 Å². The number of rotatable bonds is 10. The number of ether oxygens (including phenoxy) is 2. The lowest BCUT2D eigenvalue weighted by Crippen LogP contribution is -2.16. The van der Waals surface area contributed by atoms with Crippen molar-refractivity contribution >= 4 is 45.9 Å². The quantitative estimate of drug-likeness (QED) is 0.245. The second kappa shape index (κ2) is 11.0. The van der Waals surface area contributed by atoms with Gasteiger partial charge in [0.1, 0.15) is 10.8 Å². The highest BCUT2D eigenvalue weighted by Gasteiger charge is 2.25. The van der Waals surface area contributed by atoms with Crippen molar-refractivity contribution in [3.8, 4) is 17.1 Å². The zero-order valence-corrected chi connectivity index (χ0v) is 20.4. The molecule has 2 heterocycles. The van der Waals surface area contributed by atoms with Crippen LogP contribution in [0.1, 0.15) is 25.6 Å². The second-order valence-electron chi connectivity index (χ2n) is 6.86. The van der Waals surface area contributed by atoms with Gasteiger partial charge in [-0.3, -0.25) is 14.2 Å². The number of nitrogens with zero attached hydrogens (tertiary/aromatic N) is 3. The molecule has 12 heteroatoms. The van der Waals surface area contributed by atoms with Crippen molar-refractivity contribution in [3.05, 3.63) is 52.9 Å². The van der Waals surface area contributed by atoms with Crippen molar-refractivity contribution in [2.75, 3.05) is 25.3 Å². The summed E-state index contributed by atoms with van der Waals surface area (Å²) in [6.07, 6.45) is 1.70. The Morgan fingerprint density at radius 1 is 1.26 bits per heavy atom. The number of carbonyl (C=O) groups excluding carboxylic acids is 3. The van der Waals surface area contributed by atoms with Crippen LogP contribution in [0, 0.1) is 6.92 Å². The number of thioether (sulfide) groups is 1. The second-order valence-corrected chi connectivity index (χ2v) is 8.82. The van der Waals surface area contributed by atoms with E-state index in [-0.39, 0.29) is 21.2 Å². The van der Waals surface area contributed by atoms with Crippen LogP contribution in [0.3, 0.4) is 0 Å². The molecule has 0 radical (unpaired) electrons. The van der Waals surface area contributed by atoms with Gasteiger partial charge in [-0.15, -0.1) is 28.1 Å². The van der Waals surface area contributed by atoms with Gasteiger partial charge in [-0.1, -0.05) is 30.0 Å². The molecular weight excluding hydrogens is 478 g/mol. The van der Waals surface area contributed by atoms with Crippen molar-refractivity contribution in [3.63, 3.8) is 0 Å². The minimum Gasteiger partial charge on any atom is -0.496 e. The molecule has 10 nitrogen and oxygen atoms in total. The van der Waals surface area contributed by atoms with E-state index in [1.807, 2.05) is 28.8 Å². The normalized spacial score (nSPS) is 10.6. The first kappa shape index (κ1) is 25.0. The molecule has 0 unspecified atom stereocenters. The fourth-order valence-electron chi connectivity index (χ4n) is 3.20. The number of para-hydroxylation sites is 1. The lowest BCUT2D eigenvalue weighted by Gasteiger charge is -2.10. The zero-order valence-electron chi connectivity index (χ0n) is 18.8. The number of methoxy groups -OCH3 is 2. The van der Waals surface area contributed by atoms with E-state index in [0.717, 1.165) is 16.9 Å². The van der Waals surface area contributed by atoms with Crippen molar-refractivity contribution in [1.82, 2.24) is 14.8 Å². The third-order valence-electron chi connectivity index (χ3n) is 4.72. The number of hydrogen-bond acceptors (Lipinski definition) is 9. The highest BCUT2D eigenvalue weighted by molar-refractivity contribution is 7.99. The van der Waals surface area contributed by atoms with E-state index < -0.39 is 17.8 Å². The number of amides is 2. The third-order valence-corrected chi connectivity index (χ3v) is 6.91. The molecule has 2 amide bonds. The van der Waals surface area contributed by atoms with Crippen molar-refractivity contribution in [2.24, 2.45) is 5.73 Å². The van der Waals surface area contributed by atoms with Crippen LogP contribution in [0.4, 0.5) is 5.00 Å². The van der Waals surface area contributed by atoms with E-state index >= 15 is 0 Å². The SMILES string of the molecule is C=CCn1c(SCC(=O)Nc2sc(C(N)=O)c(C)c2C(=O)OC)nnc1-c1ccccc1OC. The average Bonchev–Trinajstić information content (AvgIpc) is 3.37. The number of carbonyl (C=O) groups is 3. The van der Waals surface area contributed by atoms with Gasteiger partial charge in [0.25, 0.3) is 5.91 Å². The minimum absolute atomic E-state index is 0.0231. The molecule has 2 aromatic heterocycles. The third kappa shape index (κ3) is 5.13. The Morgan fingerprint density at radius 3 is 2.65 bits per heavy atom. The van der Waals surface area contributed by atoms with Crippen LogP contribution in [-0.2, 0) is 16.1 Å². The molecule has 3 N–H and O–H groups in total. The number of thiophene rings is 1. The Labute approximate surface area is 204 Å². The summed E-state index contributed by atoms with van der Waals surface area (Å²) >= 11 is 2.09. The number of nitrogens with one attached hydrogen (secondary N) is 1. The molecule has 0 aliphatic rings. The van der Waals surface area contributed by atoms with Crippen molar-refractivity contribution < 1.29 is 23.9 Å². The smallest absolute Gasteiger partial charge is 0.341 e. The maximum absolute atomic E-state index is 12.7. The maximum Gasteiger partial charge on any atom is 0.341 e. The van der Waals surface area contributed by atoms with Crippen LogP contribution in [-0.4, -0.2) is 52.5 Å². The first-order chi connectivity index (χ1) is 16.3. The summed E-state index contributed by atoms with van der Waals surface area (Å²) in [6.45, 7) is 5.78. The number of primary amides is 1. The molecule has 3 aromatic rings. The predicted octanol–water partition coefficient (Wildman–Crippen LogP) is 3.13. The summed E-state index contributed by atoms with van der Waals surface area (Å²) in [5.74, 6) is -0.568. The Hall–Kier alpha value is -3.64. The fraction of sp³-hybridized carbons (Fsp3) is 0.227. The van der Waals surface area contributed by atoms with E-state index in [0.29, 0.717) is 28.8 Å². The van der Waals surface area contributed by atoms with E-state index in [1.165, 1.54) is 18.9 Å². The highest BCUT2D eigenvalue weighted by Crippen LogP contribution is 2.34. The first-order valence-electron chi connectivity index (χ1n) is 9.93. The summed E-state index contributed by atoms with van der Waals surface area (Å²) in [6, 6.07) is 7.42. The van der Waals surface area contributed by atoms with Gasteiger partial charge in [0.2, 0.25) is 5.91 Å². The van der Waals surface area contributed by atoms with Gasteiger partial charge >= 0.3 is 5.97 Å². The van der Waals surface area contributed by atoms with Gasteiger partial charge < -0.3 is 20.5 Å². The number of esters is 1. The summed E-state index contributed by atoms with van der Waals surface area (Å²) in [4.78, 5) is 36.8. The van der Waals surface area contributed by atoms with Crippen molar-refractivity contribution in [1.29, 1.82) is 0 Å². The molecule has 0 bridgehead atoms. The Kier molecular flexibility index (Phi) is 8.08. The monoisotopic (exact) mass is 501 g/mol. The van der Waals surface area contributed by atoms with E-state index in [2.05, 4.69) is 22.1 Å². The minimum atomic E-state index is -0.691. The number of nitrogens with two attached hydrogens (primary N) is 1. The number of benzene rings is 1. The van der Waals surface area contributed by atoms with Crippen LogP contribution < -0.4 is 15.8 Å². The molecule has 0 fully saturated rings. The lowest BCUT2D eigenvalue weighted by molar-refractivity contribution is -0.113. The predicted molar refractivity (Wildman–Crippen MR) is 130 cm³/mol. The highest BCUT2D eigenvalue weighted by atomic mass is 32.2. The lowest BCUT2D eigenvalue weighted by atomic mass is 10.1. The number of anilines is 1. The maximum atomic E-state index is 12.7. The zero-order chi connectivity index (χ0) is 24.8. The molecule has 178 valence electrons. The molecule has 34 heavy (non-hydrogen) atoms. The largest absolute Gasteiger partial charge is 0.496 e. The molecule has 0 aliphatic heterocycles. The number of allylic oxidation sites excluding steroid dienone is 1. The van der Waals surface area contributed by atoms with Crippen LogP contribution >= 0.6 is 23.1 Å². The average molecular weight is 502 g/mol. The fourth-order valence-corrected chi connectivity index (χ4v) is 5.01. The van der Waals surface area contributed by atoms with Crippen LogP contribution in [0.25, 0.3) is 11.4 Å². The molecule has 0 saturated carbocycles. The summed E-state index contributed by atoms with van der Waals surface area (Å²) in [5, 5.41) is 11.9. The standard InChI is InChI=1S/C22H23N5O5S2/c1-5-10-27-19(13-8-6-7-9-14(13)31-3)25-26-22(27)33-11-15(28)24-20-16(21(30)32-4)12(2)17(34-20)18(23)29/h5-9H,1,10-11H2,2-4H3,(H2,23,29)(H,24,28). The van der Waals surface area contributed by atoms with Crippen LogP contribution in [0.2, 0.25) is 0 Å². The molecule has 0 atom stereocenters. The van der Waals surface area contributed by atoms with Gasteiger partial charge in [-0.05, 0) is 24.6 Å². The number of aromatic nitrogens is 3. The first-order valence-corrected chi connectivity index (χ1v) is 11.7. The molecule has 3 rings (SSSR count). The molecule has 0 spiro atoms. The van der Waals surface area contributed by atoms with Crippen molar-refractivity contribution in [2.45, 2.75) is 18.6 Å².